The van der Waals surface area contributed by atoms with Crippen molar-refractivity contribution in [2.75, 3.05) is 6.54 Å². The molecule has 1 aromatic rings. The number of halogens is 1. The summed E-state index contributed by atoms with van der Waals surface area (Å²) >= 11 is 6.17. The third kappa shape index (κ3) is 2.13. The monoisotopic (exact) mass is 264 g/mol. The fourth-order valence-corrected chi connectivity index (χ4v) is 3.22. The second-order valence-corrected chi connectivity index (χ2v) is 5.46. The Kier molecular flexibility index (Phi) is 3.27. The third-order valence-electron chi connectivity index (χ3n) is 3.91. The highest BCUT2D eigenvalue weighted by molar-refractivity contribution is 6.31. The van der Waals surface area contributed by atoms with Gasteiger partial charge in [-0.15, -0.1) is 0 Å². The maximum atomic E-state index is 12.1. The Balaban J connectivity index is 1.72. The number of amides is 1. The molecule has 4 heteroatoms. The minimum Gasteiger partial charge on any atom is -0.348 e. The summed E-state index contributed by atoms with van der Waals surface area (Å²) in [4.78, 5) is 12.1. The summed E-state index contributed by atoms with van der Waals surface area (Å²) < 4.78 is 0. The zero-order valence-corrected chi connectivity index (χ0v) is 11.0. The van der Waals surface area contributed by atoms with Gasteiger partial charge in [0.2, 0.25) is 5.91 Å². The fraction of sp³-hybridized carbons (Fsp3) is 0.500. The number of carbonyl (C=O) groups excluding carboxylic acids is 1. The molecule has 1 aliphatic carbocycles. The van der Waals surface area contributed by atoms with Crippen LogP contribution in [0.3, 0.4) is 0 Å². The van der Waals surface area contributed by atoms with Crippen molar-refractivity contribution in [1.29, 1.82) is 0 Å². The molecule has 96 valence electrons. The Morgan fingerprint density at radius 3 is 3.06 bits per heavy atom. The van der Waals surface area contributed by atoms with Crippen LogP contribution in [0.4, 0.5) is 0 Å². The van der Waals surface area contributed by atoms with Crippen molar-refractivity contribution in [1.82, 2.24) is 10.6 Å². The van der Waals surface area contributed by atoms with Gasteiger partial charge in [0.1, 0.15) is 0 Å². The van der Waals surface area contributed by atoms with Crippen LogP contribution in [0.2, 0.25) is 5.02 Å². The first-order chi connectivity index (χ1) is 8.75. The maximum absolute atomic E-state index is 12.1. The van der Waals surface area contributed by atoms with Crippen molar-refractivity contribution >= 4 is 17.5 Å². The molecule has 0 saturated carbocycles. The predicted octanol–water partition coefficient (Wildman–Crippen LogP) is 2.20. The average molecular weight is 265 g/mol. The normalized spacial score (nSPS) is 26.1. The molecule has 2 atom stereocenters. The van der Waals surface area contributed by atoms with Gasteiger partial charge in [-0.2, -0.15) is 0 Å². The first-order valence-corrected chi connectivity index (χ1v) is 6.94. The lowest BCUT2D eigenvalue weighted by molar-refractivity contribution is -0.123. The van der Waals surface area contributed by atoms with Gasteiger partial charge in [-0.05, 0) is 49.4 Å². The molecule has 1 fully saturated rings. The molecule has 3 rings (SSSR count). The van der Waals surface area contributed by atoms with Crippen molar-refractivity contribution in [3.8, 4) is 0 Å². The van der Waals surface area contributed by atoms with Gasteiger partial charge in [-0.3, -0.25) is 4.79 Å². The minimum atomic E-state index is -0.00626. The van der Waals surface area contributed by atoms with E-state index in [0.29, 0.717) is 0 Å². The van der Waals surface area contributed by atoms with Gasteiger partial charge < -0.3 is 10.6 Å². The van der Waals surface area contributed by atoms with Gasteiger partial charge in [0.15, 0.2) is 0 Å². The number of nitrogens with one attached hydrogen (secondary N) is 2. The summed E-state index contributed by atoms with van der Waals surface area (Å²) in [5.41, 5.74) is 2.39. The smallest absolute Gasteiger partial charge is 0.237 e. The van der Waals surface area contributed by atoms with Crippen molar-refractivity contribution < 1.29 is 4.79 Å². The van der Waals surface area contributed by atoms with Crippen LogP contribution < -0.4 is 10.6 Å². The molecular formula is C14H17ClN2O. The highest BCUT2D eigenvalue weighted by Crippen LogP contribution is 2.35. The first kappa shape index (κ1) is 12.0. The molecule has 18 heavy (non-hydrogen) atoms. The Bertz CT molecular complexity index is 469. The Labute approximate surface area is 112 Å². The van der Waals surface area contributed by atoms with E-state index in [2.05, 4.69) is 16.7 Å². The van der Waals surface area contributed by atoms with Crippen LogP contribution in [0, 0.1) is 0 Å². The molecule has 1 aliphatic heterocycles. The molecule has 1 aromatic carbocycles. The average Bonchev–Trinajstić information content (AvgIpc) is 2.99. The number of hydrogen-bond donors (Lipinski definition) is 2. The molecular weight excluding hydrogens is 248 g/mol. The van der Waals surface area contributed by atoms with E-state index in [9.17, 15) is 4.79 Å². The molecule has 2 aliphatic rings. The van der Waals surface area contributed by atoms with E-state index in [-0.39, 0.29) is 18.0 Å². The quantitative estimate of drug-likeness (QED) is 0.860. The molecule has 0 spiro atoms. The van der Waals surface area contributed by atoms with Crippen LogP contribution in [0.5, 0.6) is 0 Å². The van der Waals surface area contributed by atoms with E-state index in [0.717, 1.165) is 37.3 Å². The van der Waals surface area contributed by atoms with Crippen LogP contribution in [0.25, 0.3) is 0 Å². The topological polar surface area (TPSA) is 41.1 Å². The third-order valence-corrected chi connectivity index (χ3v) is 4.26. The van der Waals surface area contributed by atoms with Gasteiger partial charge in [0.05, 0.1) is 12.1 Å². The van der Waals surface area contributed by atoms with Gasteiger partial charge in [-0.1, -0.05) is 23.7 Å². The molecule has 2 unspecified atom stereocenters. The minimum absolute atomic E-state index is 0.00626. The van der Waals surface area contributed by atoms with Crippen LogP contribution in [0.1, 0.15) is 36.4 Å². The molecule has 1 amide bonds. The van der Waals surface area contributed by atoms with Crippen molar-refractivity contribution in [3.63, 3.8) is 0 Å². The van der Waals surface area contributed by atoms with Crippen LogP contribution in [-0.2, 0) is 11.2 Å². The molecule has 1 saturated heterocycles. The van der Waals surface area contributed by atoms with E-state index in [1.165, 1.54) is 11.1 Å². The molecule has 0 bridgehead atoms. The van der Waals surface area contributed by atoms with E-state index in [1.807, 2.05) is 12.1 Å². The second-order valence-electron chi connectivity index (χ2n) is 5.06. The lowest BCUT2D eigenvalue weighted by Gasteiger charge is -2.17. The molecule has 1 heterocycles. The second kappa shape index (κ2) is 4.90. The first-order valence-electron chi connectivity index (χ1n) is 6.57. The molecule has 0 aromatic heterocycles. The van der Waals surface area contributed by atoms with Gasteiger partial charge in [0, 0.05) is 5.02 Å². The lowest BCUT2D eigenvalue weighted by Crippen LogP contribution is -2.41. The number of carbonyl (C=O) groups is 1. The summed E-state index contributed by atoms with van der Waals surface area (Å²) in [6, 6.07) is 6.07. The fourth-order valence-electron chi connectivity index (χ4n) is 2.94. The lowest BCUT2D eigenvalue weighted by atomic mass is 10.1. The summed E-state index contributed by atoms with van der Waals surface area (Å²) in [6.45, 7) is 0.950. The van der Waals surface area contributed by atoms with Crippen molar-refractivity contribution in [2.24, 2.45) is 0 Å². The summed E-state index contributed by atoms with van der Waals surface area (Å²) in [5, 5.41) is 7.19. The molecule has 2 N–H and O–H groups in total. The standard InChI is InChI=1S/C14H17ClN2O/c15-11-4-1-3-10-9(11)6-7-12(10)17-14(18)13-5-2-8-16-13/h1,3-4,12-13,16H,2,5-8H2,(H,17,18). The molecule has 0 radical (unpaired) electrons. The van der Waals surface area contributed by atoms with E-state index < -0.39 is 0 Å². The highest BCUT2D eigenvalue weighted by atomic mass is 35.5. The van der Waals surface area contributed by atoms with Crippen LogP contribution >= 0.6 is 11.6 Å². The molecule has 3 nitrogen and oxygen atoms in total. The number of hydrogen-bond acceptors (Lipinski definition) is 2. The Morgan fingerprint density at radius 1 is 1.39 bits per heavy atom. The van der Waals surface area contributed by atoms with Crippen molar-refractivity contribution in [3.05, 3.63) is 34.3 Å². The van der Waals surface area contributed by atoms with Crippen LogP contribution in [0.15, 0.2) is 18.2 Å². The summed E-state index contributed by atoms with van der Waals surface area (Å²) in [6.07, 6.45) is 3.95. The highest BCUT2D eigenvalue weighted by Gasteiger charge is 2.29. The van der Waals surface area contributed by atoms with Gasteiger partial charge in [0.25, 0.3) is 0 Å². The SMILES string of the molecule is O=C(NC1CCc2c(Cl)cccc21)C1CCCN1. The zero-order chi connectivity index (χ0) is 12.5. The van der Waals surface area contributed by atoms with Crippen molar-refractivity contribution in [2.45, 2.75) is 37.8 Å². The van der Waals surface area contributed by atoms with E-state index in [1.54, 1.807) is 0 Å². The maximum Gasteiger partial charge on any atom is 0.237 e. The predicted molar refractivity (Wildman–Crippen MR) is 71.7 cm³/mol. The Hall–Kier alpha value is -1.06. The Morgan fingerprint density at radius 2 is 2.28 bits per heavy atom. The van der Waals surface area contributed by atoms with E-state index in [4.69, 9.17) is 11.6 Å². The van der Waals surface area contributed by atoms with Gasteiger partial charge in [-0.25, -0.2) is 0 Å². The number of rotatable bonds is 2. The summed E-state index contributed by atoms with van der Waals surface area (Å²) in [5.74, 6) is 0.130. The largest absolute Gasteiger partial charge is 0.348 e. The van der Waals surface area contributed by atoms with E-state index >= 15 is 0 Å². The summed E-state index contributed by atoms with van der Waals surface area (Å²) in [7, 11) is 0. The zero-order valence-electron chi connectivity index (χ0n) is 10.2. The van der Waals surface area contributed by atoms with Gasteiger partial charge >= 0.3 is 0 Å². The van der Waals surface area contributed by atoms with Crippen LogP contribution in [-0.4, -0.2) is 18.5 Å². The number of benzene rings is 1. The number of fused-ring (bicyclic) bond motifs is 1.